The third kappa shape index (κ3) is 3.45. The number of hydrogen-bond donors (Lipinski definition) is 2. The highest BCUT2D eigenvalue weighted by molar-refractivity contribution is 5.47. The second-order valence-corrected chi connectivity index (χ2v) is 5.57. The van der Waals surface area contributed by atoms with E-state index in [1.54, 1.807) is 0 Å². The zero-order valence-corrected chi connectivity index (χ0v) is 12.1. The molecule has 4 nitrogen and oxygen atoms in total. The summed E-state index contributed by atoms with van der Waals surface area (Å²) in [4.78, 5) is 6.76. The maximum Gasteiger partial charge on any atom is 0.133 e. The second kappa shape index (κ2) is 6.35. The van der Waals surface area contributed by atoms with Gasteiger partial charge in [0.1, 0.15) is 5.82 Å². The fraction of sp³-hybridized carbons (Fsp3) is 0.667. The molecule has 1 aromatic rings. The molecule has 1 aliphatic rings. The van der Waals surface area contributed by atoms with Crippen LogP contribution in [0.1, 0.15) is 38.3 Å². The molecule has 1 fully saturated rings. The summed E-state index contributed by atoms with van der Waals surface area (Å²) in [5.41, 5.74) is 1.24. The molecule has 0 bridgehead atoms. The lowest BCUT2D eigenvalue weighted by molar-refractivity contribution is 0.0464. The van der Waals surface area contributed by atoms with Gasteiger partial charge in [0.2, 0.25) is 0 Å². The Morgan fingerprint density at radius 3 is 2.89 bits per heavy atom. The van der Waals surface area contributed by atoms with E-state index in [9.17, 15) is 5.11 Å². The van der Waals surface area contributed by atoms with Gasteiger partial charge >= 0.3 is 0 Å². The van der Waals surface area contributed by atoms with Crippen molar-refractivity contribution in [2.24, 2.45) is 5.92 Å². The van der Waals surface area contributed by atoms with Crippen LogP contribution in [0.3, 0.4) is 0 Å². The van der Waals surface area contributed by atoms with Gasteiger partial charge in [0, 0.05) is 31.4 Å². The number of pyridine rings is 1. The first-order valence-corrected chi connectivity index (χ1v) is 7.19. The molecule has 1 aliphatic carbocycles. The lowest BCUT2D eigenvalue weighted by atomic mass is 9.82. The minimum Gasteiger partial charge on any atom is -0.393 e. The first kappa shape index (κ1) is 14.3. The smallest absolute Gasteiger partial charge is 0.133 e. The first-order chi connectivity index (χ1) is 9.11. The molecule has 106 valence electrons. The number of anilines is 1. The van der Waals surface area contributed by atoms with E-state index in [1.165, 1.54) is 5.56 Å². The molecule has 0 spiro atoms. The van der Waals surface area contributed by atoms with Gasteiger partial charge in [-0.1, -0.05) is 13.0 Å². The van der Waals surface area contributed by atoms with Crippen molar-refractivity contribution in [3.05, 3.63) is 23.9 Å². The van der Waals surface area contributed by atoms with Crippen LogP contribution in [0, 0.1) is 5.92 Å². The van der Waals surface area contributed by atoms with Gasteiger partial charge in [0.05, 0.1) is 6.10 Å². The van der Waals surface area contributed by atoms with E-state index in [-0.39, 0.29) is 6.10 Å². The molecule has 0 saturated heterocycles. The van der Waals surface area contributed by atoms with Crippen LogP contribution in [0.2, 0.25) is 0 Å². The summed E-state index contributed by atoms with van der Waals surface area (Å²) in [6, 6.07) is 4.44. The Morgan fingerprint density at radius 2 is 2.26 bits per heavy atom. The van der Waals surface area contributed by atoms with E-state index in [0.29, 0.717) is 12.0 Å². The Morgan fingerprint density at radius 1 is 1.53 bits per heavy atom. The molecular weight excluding hydrogens is 238 g/mol. The van der Waals surface area contributed by atoms with E-state index in [1.807, 2.05) is 12.3 Å². The van der Waals surface area contributed by atoms with Gasteiger partial charge in [0.25, 0.3) is 0 Å². The molecule has 4 heteroatoms. The number of aliphatic hydroxyl groups is 1. The first-order valence-electron chi connectivity index (χ1n) is 7.19. The fourth-order valence-corrected chi connectivity index (χ4v) is 2.81. The van der Waals surface area contributed by atoms with Crippen molar-refractivity contribution >= 4 is 5.82 Å². The van der Waals surface area contributed by atoms with E-state index >= 15 is 0 Å². The average molecular weight is 263 g/mol. The van der Waals surface area contributed by atoms with Crippen LogP contribution >= 0.6 is 0 Å². The summed E-state index contributed by atoms with van der Waals surface area (Å²) in [5.74, 6) is 1.65. The third-order valence-electron chi connectivity index (χ3n) is 3.90. The van der Waals surface area contributed by atoms with E-state index < -0.39 is 0 Å². The van der Waals surface area contributed by atoms with Crippen molar-refractivity contribution in [2.45, 2.75) is 38.8 Å². The Bertz CT molecular complexity index is 404. The molecule has 0 radical (unpaired) electrons. The molecule has 2 N–H and O–H groups in total. The predicted octanol–water partition coefficient (Wildman–Crippen LogP) is 1.96. The van der Waals surface area contributed by atoms with Crippen molar-refractivity contribution in [1.29, 1.82) is 0 Å². The summed E-state index contributed by atoms with van der Waals surface area (Å²) in [5, 5.41) is 12.8. The summed E-state index contributed by atoms with van der Waals surface area (Å²) in [7, 11) is 2.09. The summed E-state index contributed by atoms with van der Waals surface area (Å²) < 4.78 is 0. The second-order valence-electron chi connectivity index (χ2n) is 5.57. The predicted molar refractivity (Wildman–Crippen MR) is 78.3 cm³/mol. The van der Waals surface area contributed by atoms with Gasteiger partial charge in [-0.2, -0.15) is 0 Å². The SMILES string of the molecule is CCNC(C)c1cccnc1N(C)CC1CC(O)C1. The number of aliphatic hydroxyl groups excluding tert-OH is 1. The molecule has 0 amide bonds. The molecule has 1 unspecified atom stereocenters. The average Bonchev–Trinajstić information content (AvgIpc) is 2.37. The molecule has 1 atom stereocenters. The van der Waals surface area contributed by atoms with Gasteiger partial charge in [-0.15, -0.1) is 0 Å². The molecule has 0 aromatic carbocycles. The fourth-order valence-electron chi connectivity index (χ4n) is 2.81. The zero-order valence-electron chi connectivity index (χ0n) is 12.1. The van der Waals surface area contributed by atoms with Gasteiger partial charge in [-0.25, -0.2) is 4.98 Å². The van der Waals surface area contributed by atoms with E-state index in [2.05, 4.69) is 42.2 Å². The van der Waals surface area contributed by atoms with Crippen LogP contribution in [-0.4, -0.2) is 36.3 Å². The van der Waals surface area contributed by atoms with Crippen LogP contribution in [0.5, 0.6) is 0 Å². The van der Waals surface area contributed by atoms with Gasteiger partial charge in [-0.3, -0.25) is 0 Å². The number of rotatable bonds is 6. The van der Waals surface area contributed by atoms with Crippen LogP contribution in [0.4, 0.5) is 5.82 Å². The van der Waals surface area contributed by atoms with E-state index in [4.69, 9.17) is 0 Å². The molecule has 1 aromatic heterocycles. The maximum absolute atomic E-state index is 9.37. The van der Waals surface area contributed by atoms with Gasteiger partial charge in [-0.05, 0) is 38.3 Å². The van der Waals surface area contributed by atoms with Crippen LogP contribution in [0.15, 0.2) is 18.3 Å². The molecular formula is C15H25N3O. The molecule has 2 rings (SSSR count). The minimum absolute atomic E-state index is 0.0812. The van der Waals surface area contributed by atoms with Crippen LogP contribution < -0.4 is 10.2 Å². The zero-order chi connectivity index (χ0) is 13.8. The lowest BCUT2D eigenvalue weighted by Gasteiger charge is -2.35. The van der Waals surface area contributed by atoms with Crippen molar-refractivity contribution < 1.29 is 5.11 Å². The van der Waals surface area contributed by atoms with E-state index in [0.717, 1.165) is 31.7 Å². The lowest BCUT2D eigenvalue weighted by Crippen LogP contribution is -2.38. The van der Waals surface area contributed by atoms with Gasteiger partial charge in [0.15, 0.2) is 0 Å². The number of aromatic nitrogens is 1. The standard InChI is InChI=1S/C15H25N3O/c1-4-16-11(2)14-6-5-7-17-15(14)18(3)10-12-8-13(19)9-12/h5-7,11-13,16,19H,4,8-10H2,1-3H3. The number of nitrogens with zero attached hydrogens (tertiary/aromatic N) is 2. The van der Waals surface area contributed by atoms with Crippen molar-refractivity contribution in [3.8, 4) is 0 Å². The topological polar surface area (TPSA) is 48.4 Å². The van der Waals surface area contributed by atoms with Crippen LogP contribution in [-0.2, 0) is 0 Å². The summed E-state index contributed by atoms with van der Waals surface area (Å²) >= 11 is 0. The van der Waals surface area contributed by atoms with Gasteiger partial charge < -0.3 is 15.3 Å². The van der Waals surface area contributed by atoms with Crippen molar-refractivity contribution in [2.75, 3.05) is 25.0 Å². The van der Waals surface area contributed by atoms with Crippen molar-refractivity contribution in [3.63, 3.8) is 0 Å². The third-order valence-corrected chi connectivity index (χ3v) is 3.90. The monoisotopic (exact) mass is 263 g/mol. The number of hydrogen-bond acceptors (Lipinski definition) is 4. The number of nitrogens with one attached hydrogen (secondary N) is 1. The normalized spacial score (nSPS) is 23.8. The molecule has 1 heterocycles. The largest absolute Gasteiger partial charge is 0.393 e. The van der Waals surface area contributed by atoms with Crippen molar-refractivity contribution in [1.82, 2.24) is 10.3 Å². The Kier molecular flexibility index (Phi) is 4.77. The quantitative estimate of drug-likeness (QED) is 0.823. The highest BCUT2D eigenvalue weighted by atomic mass is 16.3. The maximum atomic E-state index is 9.37. The summed E-state index contributed by atoms with van der Waals surface area (Å²) in [6.07, 6.45) is 3.62. The van der Waals surface area contributed by atoms with Crippen LogP contribution in [0.25, 0.3) is 0 Å². The molecule has 1 saturated carbocycles. The Labute approximate surface area is 115 Å². The molecule has 0 aliphatic heterocycles. The Balaban J connectivity index is 2.05. The minimum atomic E-state index is -0.0812. The highest BCUT2D eigenvalue weighted by Gasteiger charge is 2.28. The summed E-state index contributed by atoms with van der Waals surface area (Å²) in [6.45, 7) is 6.21. The highest BCUT2D eigenvalue weighted by Crippen LogP contribution is 2.30. The molecule has 19 heavy (non-hydrogen) atoms. The Hall–Kier alpha value is -1.13.